The third-order valence-electron chi connectivity index (χ3n) is 2.68. The molecule has 0 rings (SSSR count). The van der Waals surface area contributed by atoms with Gasteiger partial charge in [0.15, 0.2) is 12.4 Å². The Bertz CT molecular complexity index is 387. The van der Waals surface area contributed by atoms with Crippen LogP contribution in [-0.4, -0.2) is 62.7 Å². The highest BCUT2D eigenvalue weighted by molar-refractivity contribution is 7.45. The minimum Gasteiger partial charge on any atom is -0.463 e. The van der Waals surface area contributed by atoms with Crippen molar-refractivity contribution in [3.8, 4) is 0 Å². The maximum absolute atomic E-state index is 12.0. The molecule has 0 aliphatic carbocycles. The number of likely N-dealkylation sites (N-methyl/N-ethyl adjacent to an activating group) is 1. The second-order valence-corrected chi connectivity index (χ2v) is 7.47. The third-order valence-corrected chi connectivity index (χ3v) is 5.06. The number of hydrogen-bond donors (Lipinski definition) is 0. The smallest absolute Gasteiger partial charge is 0.331 e. The zero-order chi connectivity index (χ0) is 15.8. The van der Waals surface area contributed by atoms with Crippen molar-refractivity contribution in [2.75, 3.05) is 40.5 Å². The number of nitrogens with zero attached hydrogens (tertiary/aromatic N) is 1. The first-order valence-electron chi connectivity index (χ1n) is 6.57. The second kappa shape index (κ2) is 8.93. The zero-order valence-electron chi connectivity index (χ0n) is 12.8. The predicted molar refractivity (Wildman–Crippen MR) is 78.1 cm³/mol. The van der Waals surface area contributed by atoms with E-state index in [-0.39, 0.29) is 19.0 Å². The van der Waals surface area contributed by atoms with E-state index in [9.17, 15) is 14.2 Å². The highest BCUT2D eigenvalue weighted by Gasteiger charge is 2.30. The van der Waals surface area contributed by atoms with Gasteiger partial charge >= 0.3 is 11.9 Å². The van der Waals surface area contributed by atoms with Gasteiger partial charge < -0.3 is 18.5 Å². The molecule has 0 saturated heterocycles. The van der Waals surface area contributed by atoms with Crippen LogP contribution in [0.25, 0.3) is 0 Å². The van der Waals surface area contributed by atoms with Crippen molar-refractivity contribution in [3.05, 3.63) is 12.2 Å². The average molecular weight is 306 g/mol. The van der Waals surface area contributed by atoms with Crippen LogP contribution in [0.2, 0.25) is 0 Å². The molecule has 0 aliphatic heterocycles. The molecule has 0 spiro atoms. The van der Waals surface area contributed by atoms with Crippen molar-refractivity contribution in [1.29, 1.82) is 0 Å². The van der Waals surface area contributed by atoms with Crippen molar-refractivity contribution in [2.45, 2.75) is 19.6 Å². The van der Waals surface area contributed by atoms with Crippen molar-refractivity contribution in [3.63, 3.8) is 0 Å². The van der Waals surface area contributed by atoms with Crippen molar-refractivity contribution in [1.82, 2.24) is 0 Å². The van der Waals surface area contributed by atoms with Crippen LogP contribution in [0.3, 0.4) is 0 Å². The topological polar surface area (TPSA) is 69.7 Å². The van der Waals surface area contributed by atoms with Gasteiger partial charge in [-0.05, 0) is 6.92 Å². The highest BCUT2D eigenvalue weighted by Crippen LogP contribution is 2.32. The number of ether oxygens (including phenoxy) is 2. The Balaban J connectivity index is 4.46. The summed E-state index contributed by atoms with van der Waals surface area (Å²) in [5.74, 6) is -1.46. The Morgan fingerprint density at radius 2 is 1.60 bits per heavy atom. The van der Waals surface area contributed by atoms with Gasteiger partial charge in [-0.25, -0.2) is 9.59 Å². The monoisotopic (exact) mass is 306 g/mol. The Labute approximate surface area is 121 Å². The molecule has 2 unspecified atom stereocenters. The molecule has 0 aliphatic rings. The third kappa shape index (κ3) is 7.46. The van der Waals surface area contributed by atoms with Crippen LogP contribution in [0.4, 0.5) is 0 Å². The van der Waals surface area contributed by atoms with E-state index in [1.165, 1.54) is 0 Å². The number of hydrogen-bond acceptors (Lipinski definition) is 5. The van der Waals surface area contributed by atoms with E-state index in [2.05, 4.69) is 4.74 Å². The van der Waals surface area contributed by atoms with Crippen LogP contribution in [0.5, 0.6) is 0 Å². The molecular weight excluding hydrogens is 281 g/mol. The molecule has 0 fully saturated rings. The molecule has 7 heteroatoms. The predicted octanol–water partition coefficient (Wildman–Crippen LogP) is 1.26. The Morgan fingerprint density at radius 1 is 1.10 bits per heavy atom. The lowest BCUT2D eigenvalue weighted by Crippen LogP contribution is -2.46. The molecule has 20 heavy (non-hydrogen) atoms. The molecular formula is C13H25NO5P+. The first-order valence-corrected chi connectivity index (χ1v) is 8.27. The molecule has 6 nitrogen and oxygen atoms in total. The zero-order valence-corrected chi connectivity index (χ0v) is 13.8. The Morgan fingerprint density at radius 3 is 2.00 bits per heavy atom. The van der Waals surface area contributed by atoms with Crippen molar-refractivity contribution in [2.24, 2.45) is 0 Å². The van der Waals surface area contributed by atoms with E-state index in [0.29, 0.717) is 10.6 Å². The van der Waals surface area contributed by atoms with Crippen LogP contribution in [0, 0.1) is 0 Å². The van der Waals surface area contributed by atoms with Gasteiger partial charge in [0.05, 0.1) is 27.7 Å². The summed E-state index contributed by atoms with van der Waals surface area (Å²) < 4.78 is 22.2. The molecule has 0 aromatic rings. The molecule has 0 amide bonds. The van der Waals surface area contributed by atoms with Crippen LogP contribution in [-0.2, 0) is 23.6 Å². The fourth-order valence-electron chi connectivity index (χ4n) is 1.52. The van der Waals surface area contributed by atoms with Crippen LogP contribution in [0.15, 0.2) is 12.2 Å². The van der Waals surface area contributed by atoms with Gasteiger partial charge in [0.2, 0.25) is 0 Å². The van der Waals surface area contributed by atoms with Gasteiger partial charge in [-0.2, -0.15) is 0 Å². The summed E-state index contributed by atoms with van der Waals surface area (Å²) in [6.45, 7) is 3.85. The van der Waals surface area contributed by atoms with Crippen LogP contribution >= 0.6 is 7.80 Å². The fraction of sp³-hybridized carbons (Fsp3) is 0.692. The quantitative estimate of drug-likeness (QED) is 0.292. The minimum absolute atomic E-state index is 0.0706. The number of quaternary nitrogens is 1. The van der Waals surface area contributed by atoms with Crippen LogP contribution < -0.4 is 0 Å². The summed E-state index contributed by atoms with van der Waals surface area (Å²) in [6.07, 6.45) is 2.62. The lowest BCUT2D eigenvalue weighted by molar-refractivity contribution is -0.882. The first kappa shape index (κ1) is 18.9. The number of carbonyl (C=O) groups excluding carboxylic acids is 2. The molecule has 116 valence electrons. The maximum Gasteiger partial charge on any atom is 0.331 e. The fourth-order valence-corrected chi connectivity index (χ4v) is 3.12. The maximum atomic E-state index is 12.0. The summed E-state index contributed by atoms with van der Waals surface area (Å²) in [4.78, 5) is 22.5. The summed E-state index contributed by atoms with van der Waals surface area (Å²) >= 11 is 0. The van der Waals surface area contributed by atoms with E-state index in [1.807, 2.05) is 28.1 Å². The van der Waals surface area contributed by atoms with E-state index in [1.54, 1.807) is 6.92 Å². The van der Waals surface area contributed by atoms with Crippen LogP contribution in [0.1, 0.15) is 13.8 Å². The number of esters is 2. The summed E-state index contributed by atoms with van der Waals surface area (Å²) in [7, 11) is 3.89. The van der Waals surface area contributed by atoms with Gasteiger partial charge in [-0.1, -0.05) is 6.92 Å². The lowest BCUT2D eigenvalue weighted by atomic mass is 10.5. The first-order chi connectivity index (χ1) is 9.22. The number of carbonyl (C=O) groups is 2. The second-order valence-electron chi connectivity index (χ2n) is 5.17. The molecule has 0 heterocycles. The summed E-state index contributed by atoms with van der Waals surface area (Å²) in [5.41, 5.74) is 0. The van der Waals surface area contributed by atoms with E-state index >= 15 is 0 Å². The molecule has 0 aromatic carbocycles. The number of rotatable bonds is 8. The van der Waals surface area contributed by atoms with Gasteiger partial charge in [0.1, 0.15) is 7.80 Å². The molecule has 0 aromatic heterocycles. The van der Waals surface area contributed by atoms with Gasteiger partial charge in [0, 0.05) is 18.3 Å². The Hall–Kier alpha value is -1.13. The standard InChI is InChI=1S/C13H25NO5P/c1-6-18-12(15)8-9-13(16)19-10-11(14(3,4)5)20(17)7-2/h8-9,11,20H,6-7,10H2,1-5H3/q+1/b9-8+. The normalized spacial score (nSPS) is 14.8. The minimum atomic E-state index is -1.83. The molecule has 2 atom stereocenters. The van der Waals surface area contributed by atoms with E-state index in [4.69, 9.17) is 4.74 Å². The molecule has 0 N–H and O–H groups in total. The average Bonchev–Trinajstić information content (AvgIpc) is 2.35. The SMILES string of the molecule is CCOC(=O)/C=C/C(=O)OCC([PH](=O)CC)[N+](C)(C)C. The molecule has 0 radical (unpaired) electrons. The van der Waals surface area contributed by atoms with E-state index < -0.39 is 19.7 Å². The molecule has 0 saturated carbocycles. The summed E-state index contributed by atoms with van der Waals surface area (Å²) in [6, 6.07) is 0. The summed E-state index contributed by atoms with van der Waals surface area (Å²) in [5, 5.41) is 0. The van der Waals surface area contributed by atoms with E-state index in [0.717, 1.165) is 12.2 Å². The lowest BCUT2D eigenvalue weighted by Gasteiger charge is -2.32. The highest BCUT2D eigenvalue weighted by atomic mass is 31.1. The van der Waals surface area contributed by atoms with Gasteiger partial charge in [-0.15, -0.1) is 0 Å². The largest absolute Gasteiger partial charge is 0.463 e. The van der Waals surface area contributed by atoms with Crippen molar-refractivity contribution >= 4 is 19.7 Å². The van der Waals surface area contributed by atoms with Crippen molar-refractivity contribution < 1.29 is 28.1 Å². The van der Waals surface area contributed by atoms with Gasteiger partial charge in [-0.3, -0.25) is 0 Å². The van der Waals surface area contributed by atoms with Gasteiger partial charge in [0.25, 0.3) is 0 Å². The Kier molecular flexibility index (Phi) is 8.42. The molecule has 0 bridgehead atoms.